The lowest BCUT2D eigenvalue weighted by molar-refractivity contribution is -0.384. The van der Waals surface area contributed by atoms with E-state index in [2.05, 4.69) is 39.9 Å². The van der Waals surface area contributed by atoms with Crippen LogP contribution in [0.15, 0.2) is 101 Å². The van der Waals surface area contributed by atoms with Crippen molar-refractivity contribution in [2.45, 2.75) is 17.1 Å². The molecule has 0 aliphatic rings. The number of hydrogen-bond donors (Lipinski definition) is 2. The van der Waals surface area contributed by atoms with Gasteiger partial charge < -0.3 is 10.6 Å². The van der Waals surface area contributed by atoms with Gasteiger partial charge in [0, 0.05) is 39.2 Å². The molecule has 0 spiro atoms. The molecule has 4 aromatic carbocycles. The third kappa shape index (κ3) is 6.31. The first-order valence-corrected chi connectivity index (χ1v) is 13.7. The second kappa shape index (κ2) is 11.5. The van der Waals surface area contributed by atoms with E-state index in [1.165, 1.54) is 47.4 Å². The minimum absolute atomic E-state index is 0.0835. The number of thioether (sulfide) groups is 1. The Morgan fingerprint density at radius 1 is 0.923 bits per heavy atom. The van der Waals surface area contributed by atoms with Crippen LogP contribution in [0, 0.1) is 10.1 Å². The molecule has 0 fully saturated rings. The van der Waals surface area contributed by atoms with Gasteiger partial charge in [0.1, 0.15) is 0 Å². The highest BCUT2D eigenvalue weighted by atomic mass is 32.2. The van der Waals surface area contributed by atoms with E-state index in [4.69, 9.17) is 0 Å². The monoisotopic (exact) mass is 554 g/mol. The number of nitrogens with zero attached hydrogens (tertiary/aromatic N) is 2. The van der Waals surface area contributed by atoms with Crippen molar-refractivity contribution in [3.8, 4) is 11.3 Å². The lowest BCUT2D eigenvalue weighted by atomic mass is 10.1. The Morgan fingerprint density at radius 3 is 2.46 bits per heavy atom. The zero-order valence-corrected chi connectivity index (χ0v) is 22.3. The fraction of sp³-hybridized carbons (Fsp3) is 0.0690. The molecule has 0 bridgehead atoms. The molecule has 0 aliphatic heterocycles. The number of thiazole rings is 1. The van der Waals surface area contributed by atoms with Crippen LogP contribution in [0.25, 0.3) is 22.0 Å². The van der Waals surface area contributed by atoms with Crippen molar-refractivity contribution in [2.75, 3.05) is 10.6 Å². The molecular formula is C29H22N4O4S2. The highest BCUT2D eigenvalue weighted by Gasteiger charge is 2.17. The molecule has 2 N–H and O–H groups in total. The van der Waals surface area contributed by atoms with Crippen LogP contribution in [0.4, 0.5) is 16.5 Å². The summed E-state index contributed by atoms with van der Waals surface area (Å²) in [5.74, 6) is -0.566. The summed E-state index contributed by atoms with van der Waals surface area (Å²) < 4.78 is 0. The third-order valence-electron chi connectivity index (χ3n) is 5.89. The SMILES string of the molecule is CC(Sc1cccc(NC(=O)c2ccc([N+](=O)[O-])cc2)c1)C(=O)Nc1nc(-c2ccc3ccccc3c2)cs1. The smallest absolute Gasteiger partial charge is 0.269 e. The zero-order valence-electron chi connectivity index (χ0n) is 20.7. The maximum absolute atomic E-state index is 12.9. The van der Waals surface area contributed by atoms with Crippen LogP contribution in [0.2, 0.25) is 0 Å². The molecule has 5 rings (SSSR count). The van der Waals surface area contributed by atoms with Crippen molar-refractivity contribution in [1.29, 1.82) is 0 Å². The quantitative estimate of drug-likeness (QED) is 0.119. The van der Waals surface area contributed by atoms with Crippen LogP contribution in [0.5, 0.6) is 0 Å². The predicted octanol–water partition coefficient (Wildman–Crippen LogP) is 7.24. The topological polar surface area (TPSA) is 114 Å². The molecule has 39 heavy (non-hydrogen) atoms. The molecule has 1 aromatic heterocycles. The van der Waals surface area contributed by atoms with Gasteiger partial charge in [-0.15, -0.1) is 23.1 Å². The van der Waals surface area contributed by atoms with Crippen molar-refractivity contribution < 1.29 is 14.5 Å². The minimum atomic E-state index is -0.516. The van der Waals surface area contributed by atoms with Crippen LogP contribution in [0.1, 0.15) is 17.3 Å². The molecule has 10 heteroatoms. The summed E-state index contributed by atoms with van der Waals surface area (Å²) >= 11 is 2.73. The number of non-ortho nitro benzene ring substituents is 1. The van der Waals surface area contributed by atoms with Gasteiger partial charge in [0.2, 0.25) is 5.91 Å². The Kier molecular flexibility index (Phi) is 7.67. The van der Waals surface area contributed by atoms with Gasteiger partial charge in [-0.3, -0.25) is 19.7 Å². The van der Waals surface area contributed by atoms with E-state index in [1.54, 1.807) is 25.1 Å². The van der Waals surface area contributed by atoms with Crippen molar-refractivity contribution >= 4 is 62.2 Å². The summed E-state index contributed by atoms with van der Waals surface area (Å²) in [6.07, 6.45) is 0. The van der Waals surface area contributed by atoms with Crippen LogP contribution < -0.4 is 10.6 Å². The van der Waals surface area contributed by atoms with E-state index in [1.807, 2.05) is 29.6 Å². The van der Waals surface area contributed by atoms with Crippen molar-refractivity contribution in [1.82, 2.24) is 4.98 Å². The van der Waals surface area contributed by atoms with E-state index in [0.29, 0.717) is 16.4 Å². The number of hydrogen-bond acceptors (Lipinski definition) is 7. The predicted molar refractivity (Wildman–Crippen MR) is 156 cm³/mol. The zero-order chi connectivity index (χ0) is 27.4. The first-order valence-electron chi connectivity index (χ1n) is 11.9. The second-order valence-electron chi connectivity index (χ2n) is 8.64. The van der Waals surface area contributed by atoms with Crippen molar-refractivity contribution in [3.05, 3.63) is 112 Å². The Labute approximate surface area is 232 Å². The molecule has 5 aromatic rings. The maximum Gasteiger partial charge on any atom is 0.269 e. The largest absolute Gasteiger partial charge is 0.322 e. The number of anilines is 2. The van der Waals surface area contributed by atoms with Crippen LogP contribution >= 0.6 is 23.1 Å². The van der Waals surface area contributed by atoms with E-state index in [9.17, 15) is 19.7 Å². The Hall–Kier alpha value is -4.54. The average molecular weight is 555 g/mol. The highest BCUT2D eigenvalue weighted by molar-refractivity contribution is 8.00. The molecule has 2 amide bonds. The maximum atomic E-state index is 12.9. The standard InChI is InChI=1S/C29H22N4O4S2/c1-18(27(34)32-29-31-26(17-38-29)22-10-9-19-5-2-3-6-21(19)15-22)39-25-8-4-7-23(16-25)30-28(35)20-11-13-24(14-12-20)33(36)37/h2-18H,1H3,(H,30,35)(H,31,32,34). The van der Waals surface area contributed by atoms with E-state index in [-0.39, 0.29) is 17.5 Å². The Morgan fingerprint density at radius 2 is 1.69 bits per heavy atom. The van der Waals surface area contributed by atoms with Gasteiger partial charge in [-0.05, 0) is 54.1 Å². The molecule has 194 valence electrons. The fourth-order valence-corrected chi connectivity index (χ4v) is 5.51. The van der Waals surface area contributed by atoms with Crippen LogP contribution in [-0.4, -0.2) is 27.0 Å². The number of carbonyl (C=O) groups excluding carboxylic acids is 2. The number of fused-ring (bicyclic) bond motifs is 1. The van der Waals surface area contributed by atoms with Gasteiger partial charge in [0.25, 0.3) is 11.6 Å². The molecule has 8 nitrogen and oxygen atoms in total. The second-order valence-corrected chi connectivity index (χ2v) is 10.9. The summed E-state index contributed by atoms with van der Waals surface area (Å²) in [6, 6.07) is 26.8. The van der Waals surface area contributed by atoms with Gasteiger partial charge in [-0.25, -0.2) is 4.98 Å². The number of amides is 2. The van der Waals surface area contributed by atoms with E-state index in [0.717, 1.165) is 26.9 Å². The molecule has 0 saturated heterocycles. The highest BCUT2D eigenvalue weighted by Crippen LogP contribution is 2.30. The number of nitro benzene ring substituents is 1. The lowest BCUT2D eigenvalue weighted by Gasteiger charge is -2.12. The molecule has 1 heterocycles. The summed E-state index contributed by atoms with van der Waals surface area (Å²) in [5, 5.41) is 20.8. The number of carbonyl (C=O) groups is 2. The molecule has 0 radical (unpaired) electrons. The number of nitrogens with one attached hydrogen (secondary N) is 2. The Balaban J connectivity index is 1.19. The summed E-state index contributed by atoms with van der Waals surface area (Å²) in [4.78, 5) is 41.1. The number of aromatic nitrogens is 1. The van der Waals surface area contributed by atoms with Gasteiger partial charge in [0.05, 0.1) is 15.9 Å². The molecule has 0 saturated carbocycles. The number of rotatable bonds is 8. The van der Waals surface area contributed by atoms with Crippen LogP contribution in [0.3, 0.4) is 0 Å². The number of nitro groups is 1. The van der Waals surface area contributed by atoms with E-state index < -0.39 is 10.2 Å². The summed E-state index contributed by atoms with van der Waals surface area (Å²) in [5.41, 5.74) is 2.56. The normalized spacial score (nSPS) is 11.6. The Bertz CT molecular complexity index is 1680. The van der Waals surface area contributed by atoms with Gasteiger partial charge in [-0.2, -0.15) is 0 Å². The average Bonchev–Trinajstić information content (AvgIpc) is 3.41. The number of benzene rings is 4. The van der Waals surface area contributed by atoms with E-state index >= 15 is 0 Å². The molecule has 1 atom stereocenters. The van der Waals surface area contributed by atoms with Gasteiger partial charge in [0.15, 0.2) is 5.13 Å². The van der Waals surface area contributed by atoms with Crippen molar-refractivity contribution in [2.24, 2.45) is 0 Å². The third-order valence-corrected chi connectivity index (χ3v) is 7.75. The molecular weight excluding hydrogens is 532 g/mol. The van der Waals surface area contributed by atoms with Crippen LogP contribution in [-0.2, 0) is 4.79 Å². The first kappa shape index (κ1) is 26.1. The van der Waals surface area contributed by atoms with Crippen molar-refractivity contribution in [3.63, 3.8) is 0 Å². The minimum Gasteiger partial charge on any atom is -0.322 e. The first-order chi connectivity index (χ1) is 18.9. The van der Waals surface area contributed by atoms with Gasteiger partial charge in [-0.1, -0.05) is 42.5 Å². The molecule has 1 unspecified atom stereocenters. The molecule has 0 aliphatic carbocycles. The van der Waals surface area contributed by atoms with Gasteiger partial charge >= 0.3 is 0 Å². The summed E-state index contributed by atoms with van der Waals surface area (Å²) in [7, 11) is 0. The lowest BCUT2D eigenvalue weighted by Crippen LogP contribution is -2.22. The summed E-state index contributed by atoms with van der Waals surface area (Å²) in [6.45, 7) is 1.81. The fourth-order valence-electron chi connectivity index (χ4n) is 3.86.